The van der Waals surface area contributed by atoms with Crippen LogP contribution >= 0.6 is 0 Å². The van der Waals surface area contributed by atoms with Gasteiger partial charge in [-0.2, -0.15) is 0 Å². The predicted molar refractivity (Wildman–Crippen MR) is 132 cm³/mol. The van der Waals surface area contributed by atoms with Crippen LogP contribution in [0.15, 0.2) is 59.7 Å². The Morgan fingerprint density at radius 2 is 0.933 bits per heavy atom. The maximum atomic E-state index is 2.40. The van der Waals surface area contributed by atoms with Crippen LogP contribution in [0, 0.1) is 0 Å². The lowest BCUT2D eigenvalue weighted by molar-refractivity contribution is 0.659. The molecule has 0 saturated heterocycles. The van der Waals surface area contributed by atoms with E-state index in [9.17, 15) is 0 Å². The molecule has 2 aromatic rings. The molecule has 4 rings (SSSR count). The fourth-order valence-electron chi connectivity index (χ4n) is 4.70. The van der Waals surface area contributed by atoms with Crippen molar-refractivity contribution in [3.05, 3.63) is 81.9 Å². The Morgan fingerprint density at radius 1 is 0.567 bits per heavy atom. The number of allylic oxidation sites excluding steroid dienone is 4. The summed E-state index contributed by atoms with van der Waals surface area (Å²) < 4.78 is 0. The summed E-state index contributed by atoms with van der Waals surface area (Å²) in [5.74, 6) is 0. The second-order valence-corrected chi connectivity index (χ2v) is 9.27. The molecule has 2 aliphatic rings. The standard InChI is InChI=1S/C30H38/c1-3-5-9-23-15-19-27(20-16-23)29(25-11-7-12-25)30(26-13-8-14-26)28-21-17-24(18-22-28)10-6-4-2/h15-22H,3-14H2,1-2H3. The van der Waals surface area contributed by atoms with Crippen LogP contribution in [0.2, 0.25) is 0 Å². The van der Waals surface area contributed by atoms with Gasteiger partial charge in [-0.1, -0.05) is 86.4 Å². The molecular formula is C30H38. The highest BCUT2D eigenvalue weighted by Gasteiger charge is 2.25. The lowest BCUT2D eigenvalue weighted by Gasteiger charge is -2.30. The van der Waals surface area contributed by atoms with Gasteiger partial charge in [0.2, 0.25) is 0 Å². The topological polar surface area (TPSA) is 0 Å². The number of benzene rings is 2. The molecule has 0 aliphatic heterocycles. The maximum Gasteiger partial charge on any atom is -0.0114 e. The largest absolute Gasteiger partial charge is 0.0654 e. The first-order chi connectivity index (χ1) is 14.8. The minimum absolute atomic E-state index is 1.20. The summed E-state index contributed by atoms with van der Waals surface area (Å²) in [6.07, 6.45) is 15.3. The van der Waals surface area contributed by atoms with E-state index < -0.39 is 0 Å². The predicted octanol–water partition coefficient (Wildman–Crippen LogP) is 8.95. The van der Waals surface area contributed by atoms with Crippen LogP contribution in [-0.4, -0.2) is 0 Å². The van der Waals surface area contributed by atoms with Crippen molar-refractivity contribution in [1.82, 2.24) is 0 Å². The molecule has 0 nitrogen and oxygen atoms in total. The van der Waals surface area contributed by atoms with E-state index in [0.29, 0.717) is 0 Å². The molecule has 0 atom stereocenters. The molecule has 2 aromatic carbocycles. The first-order valence-corrected chi connectivity index (χ1v) is 12.4. The quantitative estimate of drug-likeness (QED) is 0.395. The van der Waals surface area contributed by atoms with Crippen molar-refractivity contribution in [3.63, 3.8) is 0 Å². The smallest absolute Gasteiger partial charge is 0.0114 e. The lowest BCUT2D eigenvalue weighted by Crippen LogP contribution is -2.09. The molecule has 0 heterocycles. The van der Waals surface area contributed by atoms with Gasteiger partial charge >= 0.3 is 0 Å². The molecule has 0 unspecified atom stereocenters. The second-order valence-electron chi connectivity index (χ2n) is 9.27. The first-order valence-electron chi connectivity index (χ1n) is 12.4. The van der Waals surface area contributed by atoms with Gasteiger partial charge in [-0.05, 0) is 97.6 Å². The SMILES string of the molecule is CCCCc1ccc(C(=C2CCC2)C(=C2CCC2)c2ccc(CCCC)cc2)cc1. The summed E-state index contributed by atoms with van der Waals surface area (Å²) in [5, 5.41) is 0. The second kappa shape index (κ2) is 10.3. The number of rotatable bonds is 9. The van der Waals surface area contributed by atoms with E-state index in [1.807, 2.05) is 0 Å². The third-order valence-corrected chi connectivity index (χ3v) is 6.99. The molecule has 2 fully saturated rings. The Morgan fingerprint density at radius 3 is 1.20 bits per heavy atom. The Bertz CT molecular complexity index is 801. The highest BCUT2D eigenvalue weighted by Crippen LogP contribution is 2.46. The zero-order valence-electron chi connectivity index (χ0n) is 19.1. The van der Waals surface area contributed by atoms with E-state index in [-0.39, 0.29) is 0 Å². The Balaban J connectivity index is 1.69. The van der Waals surface area contributed by atoms with Gasteiger partial charge in [0.1, 0.15) is 0 Å². The summed E-state index contributed by atoms with van der Waals surface area (Å²) in [7, 11) is 0. The summed E-state index contributed by atoms with van der Waals surface area (Å²) in [4.78, 5) is 0. The molecule has 0 bridgehead atoms. The van der Waals surface area contributed by atoms with Crippen molar-refractivity contribution in [2.24, 2.45) is 0 Å². The van der Waals surface area contributed by atoms with E-state index in [0.717, 1.165) is 0 Å². The zero-order valence-corrected chi connectivity index (χ0v) is 19.1. The average Bonchev–Trinajstić information content (AvgIpc) is 2.71. The number of unbranched alkanes of at least 4 members (excludes halogenated alkanes) is 2. The normalized spacial score (nSPS) is 15.5. The molecule has 2 saturated carbocycles. The molecule has 30 heavy (non-hydrogen) atoms. The van der Waals surface area contributed by atoms with Crippen LogP contribution in [0.25, 0.3) is 11.1 Å². The van der Waals surface area contributed by atoms with Crippen LogP contribution in [-0.2, 0) is 12.8 Å². The lowest BCUT2D eigenvalue weighted by atomic mass is 9.75. The van der Waals surface area contributed by atoms with Crippen molar-refractivity contribution in [3.8, 4) is 0 Å². The van der Waals surface area contributed by atoms with Gasteiger partial charge in [0, 0.05) is 0 Å². The van der Waals surface area contributed by atoms with E-state index in [1.54, 1.807) is 22.3 Å². The number of aryl methyl sites for hydroxylation is 2. The van der Waals surface area contributed by atoms with E-state index in [4.69, 9.17) is 0 Å². The van der Waals surface area contributed by atoms with Gasteiger partial charge in [-0.15, -0.1) is 0 Å². The molecule has 158 valence electrons. The average molecular weight is 399 g/mol. The third-order valence-electron chi connectivity index (χ3n) is 6.99. The van der Waals surface area contributed by atoms with Gasteiger partial charge in [-0.25, -0.2) is 0 Å². The maximum absolute atomic E-state index is 2.40. The highest BCUT2D eigenvalue weighted by atomic mass is 14.3. The van der Waals surface area contributed by atoms with Gasteiger partial charge in [0.25, 0.3) is 0 Å². The van der Waals surface area contributed by atoms with Crippen LogP contribution in [0.3, 0.4) is 0 Å². The summed E-state index contributed by atoms with van der Waals surface area (Å²) >= 11 is 0. The summed E-state index contributed by atoms with van der Waals surface area (Å²) in [6.45, 7) is 4.55. The summed E-state index contributed by atoms with van der Waals surface area (Å²) in [5.41, 5.74) is 12.3. The minimum Gasteiger partial charge on any atom is -0.0654 e. The fourth-order valence-corrected chi connectivity index (χ4v) is 4.70. The van der Waals surface area contributed by atoms with Crippen molar-refractivity contribution in [2.75, 3.05) is 0 Å². The molecule has 0 aromatic heterocycles. The summed E-state index contributed by atoms with van der Waals surface area (Å²) in [6, 6.07) is 19.1. The highest BCUT2D eigenvalue weighted by molar-refractivity contribution is 6.08. The number of hydrogen-bond donors (Lipinski definition) is 0. The van der Waals surface area contributed by atoms with Crippen molar-refractivity contribution in [1.29, 1.82) is 0 Å². The van der Waals surface area contributed by atoms with Crippen LogP contribution in [0.5, 0.6) is 0 Å². The minimum atomic E-state index is 1.20. The van der Waals surface area contributed by atoms with Crippen LogP contribution in [0.4, 0.5) is 0 Å². The van der Waals surface area contributed by atoms with Crippen molar-refractivity contribution >= 4 is 11.1 Å². The molecular weight excluding hydrogens is 360 g/mol. The Kier molecular flexibility index (Phi) is 7.26. The number of hydrogen-bond acceptors (Lipinski definition) is 0. The van der Waals surface area contributed by atoms with Crippen LogP contribution < -0.4 is 0 Å². The Labute approximate surface area is 184 Å². The van der Waals surface area contributed by atoms with Gasteiger partial charge in [0.15, 0.2) is 0 Å². The molecule has 0 N–H and O–H groups in total. The van der Waals surface area contributed by atoms with Gasteiger partial charge in [0.05, 0.1) is 0 Å². The Hall–Kier alpha value is -2.08. The van der Waals surface area contributed by atoms with E-state index >= 15 is 0 Å². The van der Waals surface area contributed by atoms with Gasteiger partial charge < -0.3 is 0 Å². The van der Waals surface area contributed by atoms with E-state index in [2.05, 4.69) is 62.4 Å². The molecule has 0 heteroatoms. The zero-order chi connectivity index (χ0) is 20.8. The van der Waals surface area contributed by atoms with Gasteiger partial charge in [-0.3, -0.25) is 0 Å². The first kappa shape index (κ1) is 21.2. The van der Waals surface area contributed by atoms with Crippen molar-refractivity contribution in [2.45, 2.75) is 90.9 Å². The van der Waals surface area contributed by atoms with Crippen molar-refractivity contribution < 1.29 is 0 Å². The molecule has 2 aliphatic carbocycles. The molecule has 0 spiro atoms. The molecule has 0 radical (unpaired) electrons. The van der Waals surface area contributed by atoms with E-state index in [1.165, 1.54) is 99.3 Å². The monoisotopic (exact) mass is 398 g/mol. The van der Waals surface area contributed by atoms with Crippen LogP contribution in [0.1, 0.15) is 100 Å². The molecule has 0 amide bonds. The fraction of sp³-hybridized carbons (Fsp3) is 0.467. The third kappa shape index (κ3) is 4.80.